The Morgan fingerprint density at radius 1 is 0.765 bits per heavy atom. The van der Waals surface area contributed by atoms with Gasteiger partial charge in [-0.1, -0.05) is 71.3 Å². The van der Waals surface area contributed by atoms with Gasteiger partial charge >= 0.3 is 21.1 Å². The van der Waals surface area contributed by atoms with E-state index in [9.17, 15) is 0 Å². The van der Waals surface area contributed by atoms with Crippen LogP contribution in [0.1, 0.15) is 69.4 Å². The molecule has 0 fully saturated rings. The molecule has 3 heterocycles. The molecule has 262 valence electrons. The second-order valence-electron chi connectivity index (χ2n) is 14.2. The maximum Gasteiger partial charge on any atom is 2.00 e. The van der Waals surface area contributed by atoms with Crippen LogP contribution in [-0.2, 0) is 46.7 Å². The molecule has 0 aliphatic carbocycles. The van der Waals surface area contributed by atoms with Gasteiger partial charge < -0.3 is 9.30 Å². The number of ether oxygens (including phenoxy) is 1. The van der Waals surface area contributed by atoms with Crippen molar-refractivity contribution in [3.05, 3.63) is 131 Å². The van der Waals surface area contributed by atoms with Gasteiger partial charge in [-0.15, -0.1) is 35.7 Å². The number of hydrogen-bond donors (Lipinski definition) is 0. The molecule has 0 spiro atoms. The molecule has 0 aliphatic rings. The van der Waals surface area contributed by atoms with E-state index in [0.717, 1.165) is 70.1 Å². The number of para-hydroxylation sites is 1. The molecule has 0 aliphatic heterocycles. The van der Waals surface area contributed by atoms with Gasteiger partial charge in [0.2, 0.25) is 0 Å². The molecular weight excluding hydrogens is 808 g/mol. The van der Waals surface area contributed by atoms with Crippen LogP contribution in [0.2, 0.25) is 0 Å². The second kappa shape index (κ2) is 15.4. The van der Waals surface area contributed by atoms with Crippen LogP contribution in [0.4, 0.5) is 0 Å². The molecule has 0 bridgehead atoms. The van der Waals surface area contributed by atoms with Crippen LogP contribution in [0, 0.1) is 30.9 Å². The summed E-state index contributed by atoms with van der Waals surface area (Å²) in [5.41, 5.74) is 12.4. The van der Waals surface area contributed by atoms with Crippen LogP contribution >= 0.6 is 0 Å². The number of pyridine rings is 1. The summed E-state index contributed by atoms with van der Waals surface area (Å²) in [6, 6.07) is 32.0. The van der Waals surface area contributed by atoms with Crippen LogP contribution in [0.15, 0.2) is 91.4 Å². The van der Waals surface area contributed by atoms with E-state index in [0.29, 0.717) is 23.3 Å². The van der Waals surface area contributed by atoms with Crippen molar-refractivity contribution in [1.29, 1.82) is 0 Å². The molecule has 4 aromatic carbocycles. The number of hydrogen-bond acceptors (Lipinski definition) is 3. The summed E-state index contributed by atoms with van der Waals surface area (Å²) in [5.74, 6) is 3.28. The molecule has 0 unspecified atom stereocenters. The monoisotopic (exact) mass is 853 g/mol. The molecule has 0 atom stereocenters. The van der Waals surface area contributed by atoms with Crippen molar-refractivity contribution < 1.29 is 25.8 Å². The topological polar surface area (TPSA) is 44.9 Å². The minimum atomic E-state index is 0. The molecule has 3 aromatic heterocycles. The Labute approximate surface area is 317 Å². The summed E-state index contributed by atoms with van der Waals surface area (Å²) in [4.78, 5) is 4.71. The molecular formula is C45H46N4OPt. The number of aryl methyl sites for hydroxylation is 2. The Morgan fingerprint density at radius 3 is 2.29 bits per heavy atom. The molecule has 51 heavy (non-hydrogen) atoms. The van der Waals surface area contributed by atoms with Crippen LogP contribution in [-0.4, -0.2) is 19.3 Å². The number of benzene rings is 4. The Hall–Kier alpha value is -4.47. The van der Waals surface area contributed by atoms with Crippen LogP contribution in [0.25, 0.3) is 44.4 Å². The number of nitrogens with zero attached hydrogens (tertiary/aromatic N) is 4. The summed E-state index contributed by atoms with van der Waals surface area (Å²) >= 11 is 0. The zero-order valence-electron chi connectivity index (χ0n) is 30.7. The average Bonchev–Trinajstić information content (AvgIpc) is 3.71. The van der Waals surface area contributed by atoms with E-state index in [1.807, 2.05) is 47.4 Å². The van der Waals surface area contributed by atoms with Crippen molar-refractivity contribution in [1.82, 2.24) is 19.3 Å². The third-order valence-corrected chi connectivity index (χ3v) is 9.48. The molecule has 6 heteroatoms. The Kier molecular flexibility index (Phi) is 11.0. The number of aromatic nitrogens is 4. The maximum atomic E-state index is 6.44. The molecule has 0 saturated carbocycles. The van der Waals surface area contributed by atoms with Crippen LogP contribution in [0.3, 0.4) is 0 Å². The van der Waals surface area contributed by atoms with Gasteiger partial charge in [0.1, 0.15) is 5.82 Å². The molecule has 0 amide bonds. The summed E-state index contributed by atoms with van der Waals surface area (Å²) in [6.45, 7) is 15.9. The Morgan fingerprint density at radius 2 is 1.55 bits per heavy atom. The van der Waals surface area contributed by atoms with Crippen molar-refractivity contribution in [3.63, 3.8) is 0 Å². The first kappa shape index (κ1) is 36.3. The first-order valence-corrected chi connectivity index (χ1v) is 18.0. The minimum absolute atomic E-state index is 0. The minimum Gasteiger partial charge on any atom is -0.509 e. The summed E-state index contributed by atoms with van der Waals surface area (Å²) in [6.07, 6.45) is 10.2. The van der Waals surface area contributed by atoms with E-state index in [4.69, 9.17) is 14.8 Å². The SMILES string of the molecule is CCc1cc(CC(C)C)c(CC(C)C)c(CC)c1-c1cnn(-c2[c-]c(Oc3[c-]c4c(cc3)c3ccccc3n4-c3cc(C)ccn3)ccc2)c1.[Pt+2]. The number of fused-ring (bicyclic) bond motifs is 3. The van der Waals surface area contributed by atoms with Crippen molar-refractivity contribution in [2.24, 2.45) is 11.8 Å². The van der Waals surface area contributed by atoms with Crippen molar-refractivity contribution >= 4 is 21.8 Å². The van der Waals surface area contributed by atoms with Gasteiger partial charge in [0, 0.05) is 35.0 Å². The van der Waals surface area contributed by atoms with Crippen molar-refractivity contribution in [2.75, 3.05) is 0 Å². The van der Waals surface area contributed by atoms with E-state index in [-0.39, 0.29) is 21.1 Å². The smallest absolute Gasteiger partial charge is 0.509 e. The Bertz CT molecular complexity index is 2310. The van der Waals surface area contributed by atoms with Crippen LogP contribution < -0.4 is 4.74 Å². The molecule has 0 saturated heterocycles. The first-order valence-electron chi connectivity index (χ1n) is 18.0. The van der Waals surface area contributed by atoms with Gasteiger partial charge in [0.15, 0.2) is 0 Å². The zero-order valence-corrected chi connectivity index (χ0v) is 32.9. The fraction of sp³-hybridized carbons (Fsp3) is 0.289. The van der Waals surface area contributed by atoms with E-state index >= 15 is 0 Å². The second-order valence-corrected chi connectivity index (χ2v) is 14.2. The summed E-state index contributed by atoms with van der Waals surface area (Å²) in [7, 11) is 0. The Balaban J connectivity index is 0.00000448. The van der Waals surface area contributed by atoms with Gasteiger partial charge in [-0.3, -0.25) is 4.68 Å². The van der Waals surface area contributed by atoms with Gasteiger partial charge in [-0.25, -0.2) is 4.98 Å². The zero-order chi connectivity index (χ0) is 34.9. The summed E-state index contributed by atoms with van der Waals surface area (Å²) in [5, 5.41) is 7.11. The standard InChI is InChI=1S/C45H46N4O.Pt/c1-8-32-24-33(21-29(3)4)41(22-30(5)6)38(9-2)45(32)34-27-47-48(28-34)35-13-12-14-36(25-35)50-37-17-18-40-39-15-10-11-16-42(39)49(43(40)26-37)44-23-31(7)19-20-46-44;/h10-20,23-24,27-30H,8-9,21-22H2,1-7H3;/q-2;+2. The van der Waals surface area contributed by atoms with Crippen molar-refractivity contribution in [3.8, 4) is 34.1 Å². The molecule has 7 rings (SSSR count). The maximum absolute atomic E-state index is 6.44. The third kappa shape index (κ3) is 7.32. The predicted molar refractivity (Wildman–Crippen MR) is 206 cm³/mol. The van der Waals surface area contributed by atoms with Crippen molar-refractivity contribution in [2.45, 2.75) is 74.1 Å². The van der Waals surface area contributed by atoms with Crippen LogP contribution in [0.5, 0.6) is 11.5 Å². The molecule has 0 N–H and O–H groups in total. The van der Waals surface area contributed by atoms with Gasteiger partial charge in [0.05, 0.1) is 6.20 Å². The normalized spacial score (nSPS) is 11.5. The fourth-order valence-electron chi connectivity index (χ4n) is 7.37. The quantitative estimate of drug-likeness (QED) is 0.122. The summed E-state index contributed by atoms with van der Waals surface area (Å²) < 4.78 is 10.5. The molecule has 5 nitrogen and oxygen atoms in total. The third-order valence-electron chi connectivity index (χ3n) is 9.48. The van der Waals surface area contributed by atoms with E-state index < -0.39 is 0 Å². The van der Waals surface area contributed by atoms with Gasteiger partial charge in [0.25, 0.3) is 0 Å². The first-order chi connectivity index (χ1) is 24.2. The largest absolute Gasteiger partial charge is 2.00 e. The fourth-order valence-corrected chi connectivity index (χ4v) is 7.37. The van der Waals surface area contributed by atoms with E-state index in [1.165, 1.54) is 27.8 Å². The van der Waals surface area contributed by atoms with Gasteiger partial charge in [-0.05, 0) is 107 Å². The van der Waals surface area contributed by atoms with E-state index in [1.54, 1.807) is 0 Å². The molecule has 7 aromatic rings. The van der Waals surface area contributed by atoms with E-state index in [2.05, 4.69) is 114 Å². The van der Waals surface area contributed by atoms with Gasteiger partial charge in [-0.2, -0.15) is 17.2 Å². The number of rotatable bonds is 11. The predicted octanol–water partition coefficient (Wildman–Crippen LogP) is 11.3. The molecule has 0 radical (unpaired) electrons. The average molecular weight is 854 g/mol.